The maximum atomic E-state index is 11.8. The van der Waals surface area contributed by atoms with E-state index in [1.54, 1.807) is 4.90 Å². The van der Waals surface area contributed by atoms with Crippen LogP contribution < -0.4 is 5.32 Å². The molecule has 0 aromatic carbocycles. The number of likely N-dealkylation sites (tertiary alicyclic amines) is 1. The number of nitrogens with one attached hydrogen (secondary N) is 1. The Kier molecular flexibility index (Phi) is 6.35. The lowest BCUT2D eigenvalue weighted by molar-refractivity contribution is -0.143. The molecule has 108 valence electrons. The number of aliphatic carboxylic acids is 1. The molecule has 6 nitrogen and oxygen atoms in total. The van der Waals surface area contributed by atoms with E-state index < -0.39 is 11.9 Å². The van der Waals surface area contributed by atoms with Gasteiger partial charge in [0.15, 0.2) is 0 Å². The lowest BCUT2D eigenvalue weighted by Crippen LogP contribution is -2.47. The summed E-state index contributed by atoms with van der Waals surface area (Å²) in [6, 6.07) is -0.218. The molecule has 1 heterocycles. The standard InChI is InChI=1S/C13H22N2O4/c1-10(2)9-19-7-5-14-13(18)15-6-3-4-11(8-15)12(16)17/h11H,1,3-9H2,2H3,(H,14,18)(H,16,17)/t11-/m1/s1. The quantitative estimate of drug-likeness (QED) is 0.559. The molecule has 1 aliphatic rings. The molecule has 2 N–H and O–H groups in total. The maximum Gasteiger partial charge on any atom is 0.317 e. The van der Waals surface area contributed by atoms with E-state index >= 15 is 0 Å². The molecule has 1 atom stereocenters. The number of urea groups is 1. The molecule has 0 aromatic rings. The topological polar surface area (TPSA) is 78.9 Å². The van der Waals surface area contributed by atoms with Gasteiger partial charge < -0.3 is 20.1 Å². The largest absolute Gasteiger partial charge is 0.481 e. The predicted octanol–water partition coefficient (Wildman–Crippen LogP) is 1.09. The summed E-state index contributed by atoms with van der Waals surface area (Å²) in [6.45, 7) is 7.81. The van der Waals surface area contributed by atoms with Crippen LogP contribution in [0.4, 0.5) is 4.79 Å². The Morgan fingerprint density at radius 3 is 2.89 bits per heavy atom. The molecular formula is C13H22N2O4. The van der Waals surface area contributed by atoms with Crippen molar-refractivity contribution < 1.29 is 19.4 Å². The molecule has 0 spiro atoms. The van der Waals surface area contributed by atoms with Crippen LogP contribution in [0.3, 0.4) is 0 Å². The van der Waals surface area contributed by atoms with Crippen molar-refractivity contribution in [3.05, 3.63) is 12.2 Å². The first-order valence-electron chi connectivity index (χ1n) is 6.48. The summed E-state index contributed by atoms with van der Waals surface area (Å²) in [5.74, 6) is -1.28. The second-order valence-corrected chi connectivity index (χ2v) is 4.87. The minimum Gasteiger partial charge on any atom is -0.481 e. The third kappa shape index (κ3) is 5.74. The number of hydrogen-bond acceptors (Lipinski definition) is 3. The molecule has 0 bridgehead atoms. The average Bonchev–Trinajstić information content (AvgIpc) is 2.37. The third-order valence-corrected chi connectivity index (χ3v) is 2.93. The van der Waals surface area contributed by atoms with Crippen LogP contribution in [0.1, 0.15) is 19.8 Å². The van der Waals surface area contributed by atoms with Gasteiger partial charge in [-0.2, -0.15) is 0 Å². The number of rotatable bonds is 6. The van der Waals surface area contributed by atoms with Gasteiger partial charge in [-0.15, -0.1) is 0 Å². The van der Waals surface area contributed by atoms with Crippen molar-refractivity contribution in [2.45, 2.75) is 19.8 Å². The molecule has 0 aliphatic carbocycles. The van der Waals surface area contributed by atoms with E-state index in [-0.39, 0.29) is 12.6 Å². The van der Waals surface area contributed by atoms with Crippen molar-refractivity contribution in [1.29, 1.82) is 0 Å². The van der Waals surface area contributed by atoms with E-state index in [1.807, 2.05) is 6.92 Å². The van der Waals surface area contributed by atoms with E-state index in [0.717, 1.165) is 12.0 Å². The van der Waals surface area contributed by atoms with E-state index in [2.05, 4.69) is 11.9 Å². The summed E-state index contributed by atoms with van der Waals surface area (Å²) >= 11 is 0. The number of carboxylic acid groups (broad SMARTS) is 1. The lowest BCUT2D eigenvalue weighted by Gasteiger charge is -2.30. The molecule has 19 heavy (non-hydrogen) atoms. The lowest BCUT2D eigenvalue weighted by atomic mass is 9.99. The molecule has 1 fully saturated rings. The molecule has 1 aliphatic heterocycles. The highest BCUT2D eigenvalue weighted by Crippen LogP contribution is 2.16. The number of amides is 2. The van der Waals surface area contributed by atoms with Gasteiger partial charge in [0.1, 0.15) is 0 Å². The summed E-state index contributed by atoms with van der Waals surface area (Å²) in [4.78, 5) is 24.3. The zero-order valence-electron chi connectivity index (χ0n) is 11.4. The molecule has 0 radical (unpaired) electrons. The van der Waals surface area contributed by atoms with E-state index in [1.165, 1.54) is 0 Å². The number of carbonyl (C=O) groups is 2. The first kappa shape index (κ1) is 15.5. The van der Waals surface area contributed by atoms with Gasteiger partial charge in [0, 0.05) is 19.6 Å². The second kappa shape index (κ2) is 7.78. The fraction of sp³-hybridized carbons (Fsp3) is 0.692. The molecule has 1 rings (SSSR count). The van der Waals surface area contributed by atoms with Crippen molar-refractivity contribution in [1.82, 2.24) is 10.2 Å². The van der Waals surface area contributed by atoms with Crippen LogP contribution in [0.25, 0.3) is 0 Å². The van der Waals surface area contributed by atoms with Crippen LogP contribution in [-0.2, 0) is 9.53 Å². The zero-order valence-corrected chi connectivity index (χ0v) is 11.4. The van der Waals surface area contributed by atoms with Crippen LogP contribution in [0, 0.1) is 5.92 Å². The minimum absolute atomic E-state index is 0.218. The summed E-state index contributed by atoms with van der Waals surface area (Å²) in [6.07, 6.45) is 1.37. The monoisotopic (exact) mass is 270 g/mol. The first-order valence-corrected chi connectivity index (χ1v) is 6.48. The highest BCUT2D eigenvalue weighted by molar-refractivity contribution is 5.76. The Bertz CT molecular complexity index is 344. The Balaban J connectivity index is 2.21. The normalized spacial score (nSPS) is 19.0. The van der Waals surface area contributed by atoms with Gasteiger partial charge in [-0.3, -0.25) is 4.79 Å². The fourth-order valence-electron chi connectivity index (χ4n) is 1.95. The second-order valence-electron chi connectivity index (χ2n) is 4.87. The SMILES string of the molecule is C=C(C)COCCNC(=O)N1CCC[C@@H](C(=O)O)C1. The molecule has 0 unspecified atom stereocenters. The van der Waals surface area contributed by atoms with Crippen molar-refractivity contribution >= 4 is 12.0 Å². The van der Waals surface area contributed by atoms with Gasteiger partial charge in [-0.1, -0.05) is 12.2 Å². The van der Waals surface area contributed by atoms with Gasteiger partial charge >= 0.3 is 12.0 Å². The number of ether oxygens (including phenoxy) is 1. The summed E-state index contributed by atoms with van der Waals surface area (Å²) in [7, 11) is 0. The van der Waals surface area contributed by atoms with Gasteiger partial charge in [-0.25, -0.2) is 4.79 Å². The minimum atomic E-state index is -0.831. The maximum absolute atomic E-state index is 11.8. The summed E-state index contributed by atoms with van der Waals surface area (Å²) in [5, 5.41) is 11.7. The van der Waals surface area contributed by atoms with Crippen LogP contribution >= 0.6 is 0 Å². The van der Waals surface area contributed by atoms with Crippen LogP contribution in [0.5, 0.6) is 0 Å². The Morgan fingerprint density at radius 1 is 1.53 bits per heavy atom. The van der Waals surface area contributed by atoms with Crippen LogP contribution in [0.2, 0.25) is 0 Å². The van der Waals surface area contributed by atoms with Gasteiger partial charge in [0.25, 0.3) is 0 Å². The molecule has 0 saturated carbocycles. The van der Waals surface area contributed by atoms with Crippen LogP contribution in [-0.4, -0.2) is 54.9 Å². The summed E-state index contributed by atoms with van der Waals surface area (Å²) < 4.78 is 5.27. The first-order chi connectivity index (χ1) is 9.00. The van der Waals surface area contributed by atoms with Gasteiger partial charge in [0.05, 0.1) is 19.1 Å². The third-order valence-electron chi connectivity index (χ3n) is 2.93. The summed E-state index contributed by atoms with van der Waals surface area (Å²) in [5.41, 5.74) is 0.937. The highest BCUT2D eigenvalue weighted by atomic mass is 16.5. The number of carboxylic acids is 1. The number of nitrogens with zero attached hydrogens (tertiary/aromatic N) is 1. The van der Waals surface area contributed by atoms with Gasteiger partial charge in [0.2, 0.25) is 0 Å². The Hall–Kier alpha value is -1.56. The van der Waals surface area contributed by atoms with E-state index in [9.17, 15) is 9.59 Å². The Labute approximate surface area is 113 Å². The molecule has 0 aromatic heterocycles. The average molecular weight is 270 g/mol. The van der Waals surface area contributed by atoms with Crippen molar-refractivity contribution in [3.63, 3.8) is 0 Å². The van der Waals surface area contributed by atoms with E-state index in [4.69, 9.17) is 9.84 Å². The number of carbonyl (C=O) groups excluding carboxylic acids is 1. The highest BCUT2D eigenvalue weighted by Gasteiger charge is 2.27. The van der Waals surface area contributed by atoms with Crippen LogP contribution in [0.15, 0.2) is 12.2 Å². The number of hydrogen-bond donors (Lipinski definition) is 2. The van der Waals surface area contributed by atoms with E-state index in [0.29, 0.717) is 32.7 Å². The predicted molar refractivity (Wildman–Crippen MR) is 71.0 cm³/mol. The van der Waals surface area contributed by atoms with Crippen molar-refractivity contribution in [2.24, 2.45) is 5.92 Å². The fourth-order valence-corrected chi connectivity index (χ4v) is 1.95. The zero-order chi connectivity index (χ0) is 14.3. The smallest absolute Gasteiger partial charge is 0.317 e. The molecular weight excluding hydrogens is 248 g/mol. The Morgan fingerprint density at radius 2 is 2.26 bits per heavy atom. The number of piperidine rings is 1. The van der Waals surface area contributed by atoms with Crippen molar-refractivity contribution in [3.8, 4) is 0 Å². The molecule has 6 heteroatoms. The molecule has 1 saturated heterocycles. The molecule has 2 amide bonds. The van der Waals surface area contributed by atoms with Gasteiger partial charge in [-0.05, 0) is 19.8 Å². The van der Waals surface area contributed by atoms with Crippen molar-refractivity contribution in [2.75, 3.05) is 32.8 Å².